The third-order valence-electron chi connectivity index (χ3n) is 1.27. The van der Waals surface area contributed by atoms with Crippen LogP contribution in [0.5, 0.6) is 0 Å². The van der Waals surface area contributed by atoms with E-state index in [-0.39, 0.29) is 18.1 Å². The zero-order valence-electron chi connectivity index (χ0n) is 7.28. The number of hydrogen-bond donors (Lipinski definition) is 1. The fourth-order valence-corrected chi connectivity index (χ4v) is 0.922. The first kappa shape index (κ1) is 10.3. The van der Waals surface area contributed by atoms with Crippen LogP contribution in [0.15, 0.2) is 5.11 Å². The van der Waals surface area contributed by atoms with E-state index >= 15 is 0 Å². The first-order valence-corrected chi connectivity index (χ1v) is 3.64. The van der Waals surface area contributed by atoms with Crippen molar-refractivity contribution in [2.45, 2.75) is 33.2 Å². The van der Waals surface area contributed by atoms with Gasteiger partial charge < -0.3 is 5.11 Å². The highest BCUT2D eigenvalue weighted by Crippen LogP contribution is 2.21. The van der Waals surface area contributed by atoms with Gasteiger partial charge in [0.2, 0.25) is 0 Å². The Labute approximate surface area is 66.9 Å². The third-order valence-corrected chi connectivity index (χ3v) is 1.27. The van der Waals surface area contributed by atoms with Crippen molar-refractivity contribution >= 4 is 0 Å². The molecule has 4 heteroatoms. The summed E-state index contributed by atoms with van der Waals surface area (Å²) in [5.74, 6) is 0. The molecule has 64 valence electrons. The molecule has 0 saturated carbocycles. The molecule has 0 aliphatic heterocycles. The molecule has 4 nitrogen and oxygen atoms in total. The Kier molecular flexibility index (Phi) is 3.93. The van der Waals surface area contributed by atoms with Gasteiger partial charge in [0.05, 0.1) is 12.6 Å². The first-order valence-electron chi connectivity index (χ1n) is 3.64. The second-order valence-corrected chi connectivity index (χ2v) is 3.81. The van der Waals surface area contributed by atoms with E-state index in [0.29, 0.717) is 6.42 Å². The van der Waals surface area contributed by atoms with Crippen LogP contribution in [0.2, 0.25) is 0 Å². The Morgan fingerprint density at radius 1 is 1.55 bits per heavy atom. The van der Waals surface area contributed by atoms with Gasteiger partial charge in [-0.1, -0.05) is 25.9 Å². The van der Waals surface area contributed by atoms with E-state index in [4.69, 9.17) is 10.6 Å². The summed E-state index contributed by atoms with van der Waals surface area (Å²) in [6.07, 6.45) is 0.716. The Morgan fingerprint density at radius 3 is 2.36 bits per heavy atom. The number of azide groups is 1. The van der Waals surface area contributed by atoms with Gasteiger partial charge in [-0.2, -0.15) is 0 Å². The van der Waals surface area contributed by atoms with E-state index in [9.17, 15) is 0 Å². The highest BCUT2D eigenvalue weighted by Gasteiger charge is 2.16. The summed E-state index contributed by atoms with van der Waals surface area (Å²) in [4.78, 5) is 2.66. The topological polar surface area (TPSA) is 69.0 Å². The maximum Gasteiger partial charge on any atom is 0.0610 e. The van der Waals surface area contributed by atoms with Crippen LogP contribution in [0.25, 0.3) is 10.4 Å². The van der Waals surface area contributed by atoms with Gasteiger partial charge in [-0.05, 0) is 17.4 Å². The average molecular weight is 157 g/mol. The van der Waals surface area contributed by atoms with Gasteiger partial charge in [0.15, 0.2) is 0 Å². The van der Waals surface area contributed by atoms with Crippen LogP contribution in [0, 0.1) is 5.41 Å². The smallest absolute Gasteiger partial charge is 0.0610 e. The molecule has 11 heavy (non-hydrogen) atoms. The molecule has 0 rings (SSSR count). The number of hydrogen-bond acceptors (Lipinski definition) is 2. The Morgan fingerprint density at radius 2 is 2.09 bits per heavy atom. The molecule has 0 fully saturated rings. The molecule has 1 unspecified atom stereocenters. The lowest BCUT2D eigenvalue weighted by molar-refractivity contribution is 0.224. The molecule has 0 aromatic heterocycles. The van der Waals surface area contributed by atoms with Crippen molar-refractivity contribution in [2.24, 2.45) is 10.5 Å². The van der Waals surface area contributed by atoms with Crippen molar-refractivity contribution < 1.29 is 5.11 Å². The SMILES string of the molecule is CC(C)(C)CC(CO)N=[N+]=[N-]. The molecule has 1 N–H and O–H groups in total. The summed E-state index contributed by atoms with van der Waals surface area (Å²) >= 11 is 0. The van der Waals surface area contributed by atoms with E-state index in [1.807, 2.05) is 20.8 Å². The molecule has 0 bridgehead atoms. The van der Waals surface area contributed by atoms with Crippen LogP contribution in [-0.2, 0) is 0 Å². The molecular weight excluding hydrogens is 142 g/mol. The van der Waals surface area contributed by atoms with Crippen molar-refractivity contribution in [2.75, 3.05) is 6.61 Å². The van der Waals surface area contributed by atoms with Crippen LogP contribution in [0.1, 0.15) is 27.2 Å². The fraction of sp³-hybridized carbons (Fsp3) is 1.00. The van der Waals surface area contributed by atoms with Gasteiger partial charge in [-0.3, -0.25) is 0 Å². The van der Waals surface area contributed by atoms with Crippen molar-refractivity contribution in [3.8, 4) is 0 Å². The van der Waals surface area contributed by atoms with Gasteiger partial charge >= 0.3 is 0 Å². The number of rotatable bonds is 3. The van der Waals surface area contributed by atoms with E-state index < -0.39 is 0 Å². The molecule has 0 aliphatic rings. The highest BCUT2D eigenvalue weighted by molar-refractivity contribution is 4.73. The minimum atomic E-state index is -0.278. The summed E-state index contributed by atoms with van der Waals surface area (Å²) in [7, 11) is 0. The van der Waals surface area contributed by atoms with Gasteiger partial charge in [0.25, 0.3) is 0 Å². The molecule has 0 aromatic carbocycles. The summed E-state index contributed by atoms with van der Waals surface area (Å²) in [5, 5.41) is 12.2. The van der Waals surface area contributed by atoms with Crippen LogP contribution >= 0.6 is 0 Å². The minimum Gasteiger partial charge on any atom is -0.396 e. The zero-order chi connectivity index (χ0) is 8.91. The highest BCUT2D eigenvalue weighted by atomic mass is 16.3. The largest absolute Gasteiger partial charge is 0.396 e. The molecule has 0 saturated heterocycles. The van der Waals surface area contributed by atoms with Crippen LogP contribution < -0.4 is 0 Å². The van der Waals surface area contributed by atoms with E-state index in [1.165, 1.54) is 0 Å². The van der Waals surface area contributed by atoms with Gasteiger partial charge in [0, 0.05) is 4.91 Å². The minimum absolute atomic E-state index is 0.0681. The van der Waals surface area contributed by atoms with Gasteiger partial charge in [0.1, 0.15) is 0 Å². The van der Waals surface area contributed by atoms with E-state index in [2.05, 4.69) is 10.0 Å². The molecule has 1 atom stereocenters. The predicted octanol–water partition coefficient (Wildman–Crippen LogP) is 2.09. The summed E-state index contributed by atoms with van der Waals surface area (Å²) in [5.41, 5.74) is 8.21. The first-order chi connectivity index (χ1) is 4.99. The van der Waals surface area contributed by atoms with Crippen molar-refractivity contribution in [1.82, 2.24) is 0 Å². The number of nitrogens with zero attached hydrogens (tertiary/aromatic N) is 3. The van der Waals surface area contributed by atoms with E-state index in [1.54, 1.807) is 0 Å². The maximum atomic E-state index is 8.76. The number of aliphatic hydroxyl groups excluding tert-OH is 1. The monoisotopic (exact) mass is 157 g/mol. The Hall–Kier alpha value is -0.730. The normalized spacial score (nSPS) is 13.8. The fourth-order valence-electron chi connectivity index (χ4n) is 0.922. The molecule has 0 amide bonds. The summed E-state index contributed by atoms with van der Waals surface area (Å²) in [6.45, 7) is 6.06. The van der Waals surface area contributed by atoms with Crippen molar-refractivity contribution in [3.63, 3.8) is 0 Å². The van der Waals surface area contributed by atoms with Crippen LogP contribution in [-0.4, -0.2) is 17.8 Å². The lowest BCUT2D eigenvalue weighted by atomic mass is 9.89. The summed E-state index contributed by atoms with van der Waals surface area (Å²) in [6, 6.07) is -0.278. The van der Waals surface area contributed by atoms with Crippen molar-refractivity contribution in [3.05, 3.63) is 10.4 Å². The van der Waals surface area contributed by atoms with Crippen molar-refractivity contribution in [1.29, 1.82) is 0 Å². The lowest BCUT2D eigenvalue weighted by Crippen LogP contribution is -2.18. The van der Waals surface area contributed by atoms with E-state index in [0.717, 1.165) is 0 Å². The van der Waals surface area contributed by atoms with Crippen LogP contribution in [0.3, 0.4) is 0 Å². The second kappa shape index (κ2) is 4.21. The quantitative estimate of drug-likeness (QED) is 0.380. The van der Waals surface area contributed by atoms with Gasteiger partial charge in [-0.15, -0.1) is 0 Å². The standard InChI is InChI=1S/C7H15N3O/c1-7(2,3)4-6(5-11)9-10-8/h6,11H,4-5H2,1-3H3. The zero-order valence-corrected chi connectivity index (χ0v) is 7.28. The summed E-state index contributed by atoms with van der Waals surface area (Å²) < 4.78 is 0. The Bertz CT molecular complexity index is 156. The molecule has 0 aromatic rings. The second-order valence-electron chi connectivity index (χ2n) is 3.81. The number of aliphatic hydroxyl groups is 1. The molecular formula is C7H15N3O. The average Bonchev–Trinajstić information content (AvgIpc) is 1.84. The molecule has 0 spiro atoms. The maximum absolute atomic E-state index is 8.76. The molecule has 0 radical (unpaired) electrons. The molecule has 0 heterocycles. The Balaban J connectivity index is 3.98. The third kappa shape index (κ3) is 5.70. The van der Waals surface area contributed by atoms with Gasteiger partial charge in [-0.25, -0.2) is 0 Å². The lowest BCUT2D eigenvalue weighted by Gasteiger charge is -2.21. The predicted molar refractivity (Wildman–Crippen MR) is 44.1 cm³/mol. The van der Waals surface area contributed by atoms with Crippen LogP contribution in [0.4, 0.5) is 0 Å². The molecule has 0 aliphatic carbocycles.